The van der Waals surface area contributed by atoms with Gasteiger partial charge in [-0.3, -0.25) is 9.59 Å². The van der Waals surface area contributed by atoms with E-state index in [4.69, 9.17) is 4.74 Å². The molecule has 7 heteroatoms. The molecule has 1 aromatic heterocycles. The van der Waals surface area contributed by atoms with Crippen molar-refractivity contribution in [3.05, 3.63) is 24.0 Å². The minimum absolute atomic E-state index is 0.0753. The van der Waals surface area contributed by atoms with Gasteiger partial charge in [-0.05, 0) is 25.0 Å². The molecule has 3 heterocycles. The third-order valence-corrected chi connectivity index (χ3v) is 3.87. The maximum Gasteiger partial charge on any atom is 0.274 e. The lowest BCUT2D eigenvalue weighted by atomic mass is 9.90. The Kier molecular flexibility index (Phi) is 3.35. The summed E-state index contributed by atoms with van der Waals surface area (Å²) >= 11 is 0. The maximum absolute atomic E-state index is 12.2. The van der Waals surface area contributed by atoms with Crippen LogP contribution in [-0.2, 0) is 9.53 Å². The molecule has 2 aliphatic heterocycles. The number of ether oxygens (including phenoxy) is 1. The van der Waals surface area contributed by atoms with Gasteiger partial charge in [0.1, 0.15) is 6.61 Å². The number of likely N-dealkylation sites (tertiary alicyclic amines) is 1. The van der Waals surface area contributed by atoms with Gasteiger partial charge in [0, 0.05) is 25.8 Å². The zero-order chi connectivity index (χ0) is 14.0. The molecule has 2 aliphatic rings. The number of rotatable bonds is 1. The van der Waals surface area contributed by atoms with E-state index in [2.05, 4.69) is 15.5 Å². The van der Waals surface area contributed by atoms with Crippen molar-refractivity contribution >= 4 is 11.8 Å². The van der Waals surface area contributed by atoms with E-state index < -0.39 is 0 Å². The lowest BCUT2D eigenvalue weighted by Crippen LogP contribution is -2.58. The summed E-state index contributed by atoms with van der Waals surface area (Å²) in [5, 5.41) is 10.4. The van der Waals surface area contributed by atoms with Crippen LogP contribution in [0.4, 0.5) is 0 Å². The number of aromatic nitrogens is 2. The smallest absolute Gasteiger partial charge is 0.274 e. The standard InChI is InChI=1S/C13H16N4O3/c18-11-8-20-13(9-14-11)3-6-17(7-4-13)12(19)10-2-1-5-15-16-10/h1-2,5H,3-4,6-9H2,(H,14,18). The van der Waals surface area contributed by atoms with Gasteiger partial charge in [0.25, 0.3) is 5.91 Å². The zero-order valence-electron chi connectivity index (χ0n) is 11.0. The summed E-state index contributed by atoms with van der Waals surface area (Å²) in [4.78, 5) is 25.1. The molecule has 7 nitrogen and oxygen atoms in total. The first kappa shape index (κ1) is 13.0. The Labute approximate surface area is 116 Å². The average Bonchev–Trinajstić information content (AvgIpc) is 2.52. The summed E-state index contributed by atoms with van der Waals surface area (Å²) in [7, 11) is 0. The Morgan fingerprint density at radius 3 is 2.80 bits per heavy atom. The number of carbonyl (C=O) groups excluding carboxylic acids is 2. The van der Waals surface area contributed by atoms with Gasteiger partial charge >= 0.3 is 0 Å². The second kappa shape index (κ2) is 5.16. The van der Waals surface area contributed by atoms with Crippen LogP contribution in [-0.4, -0.2) is 58.8 Å². The fourth-order valence-electron chi connectivity index (χ4n) is 2.60. The molecule has 2 amide bonds. The molecule has 0 saturated carbocycles. The van der Waals surface area contributed by atoms with Crippen molar-refractivity contribution in [3.63, 3.8) is 0 Å². The topological polar surface area (TPSA) is 84.4 Å². The van der Waals surface area contributed by atoms with Crippen molar-refractivity contribution in [1.82, 2.24) is 20.4 Å². The molecular formula is C13H16N4O3. The zero-order valence-corrected chi connectivity index (χ0v) is 11.0. The molecule has 3 rings (SSSR count). The number of nitrogens with one attached hydrogen (secondary N) is 1. The highest BCUT2D eigenvalue weighted by atomic mass is 16.5. The van der Waals surface area contributed by atoms with Gasteiger partial charge in [-0.25, -0.2) is 0 Å². The molecule has 1 aromatic rings. The van der Waals surface area contributed by atoms with Crippen LogP contribution in [0.25, 0.3) is 0 Å². The van der Waals surface area contributed by atoms with E-state index in [9.17, 15) is 9.59 Å². The molecule has 2 fully saturated rings. The molecule has 0 atom stereocenters. The lowest BCUT2D eigenvalue weighted by Gasteiger charge is -2.43. The molecule has 0 radical (unpaired) electrons. The summed E-state index contributed by atoms with van der Waals surface area (Å²) < 4.78 is 5.67. The first-order valence-corrected chi connectivity index (χ1v) is 6.66. The number of morpholine rings is 1. The largest absolute Gasteiger partial charge is 0.363 e. The fraction of sp³-hybridized carbons (Fsp3) is 0.538. The van der Waals surface area contributed by atoms with Crippen LogP contribution in [0.1, 0.15) is 23.3 Å². The van der Waals surface area contributed by atoms with Crippen LogP contribution >= 0.6 is 0 Å². The molecular weight excluding hydrogens is 260 g/mol. The van der Waals surface area contributed by atoms with Crippen LogP contribution in [0, 0.1) is 0 Å². The average molecular weight is 276 g/mol. The Morgan fingerprint density at radius 1 is 1.40 bits per heavy atom. The minimum atomic E-state index is -0.312. The molecule has 20 heavy (non-hydrogen) atoms. The SMILES string of the molecule is O=C1COC2(CCN(C(=O)c3cccnn3)CC2)CN1. The maximum atomic E-state index is 12.2. The number of carbonyl (C=O) groups is 2. The summed E-state index contributed by atoms with van der Waals surface area (Å²) in [5.41, 5.74) is 0.0499. The van der Waals surface area contributed by atoms with Gasteiger partial charge in [-0.1, -0.05) is 0 Å². The second-order valence-corrected chi connectivity index (χ2v) is 5.15. The molecule has 0 bridgehead atoms. The summed E-state index contributed by atoms with van der Waals surface area (Å²) in [6, 6.07) is 3.36. The Bertz CT molecular complexity index is 500. The van der Waals surface area contributed by atoms with Crippen molar-refractivity contribution in [3.8, 4) is 0 Å². The fourth-order valence-corrected chi connectivity index (χ4v) is 2.60. The number of piperidine rings is 1. The van der Waals surface area contributed by atoms with Gasteiger partial charge in [-0.15, -0.1) is 5.10 Å². The van der Waals surface area contributed by atoms with E-state index in [0.717, 1.165) is 12.8 Å². The van der Waals surface area contributed by atoms with Crippen LogP contribution in [0.5, 0.6) is 0 Å². The Morgan fingerprint density at radius 2 is 2.20 bits per heavy atom. The second-order valence-electron chi connectivity index (χ2n) is 5.15. The monoisotopic (exact) mass is 276 g/mol. The molecule has 1 N–H and O–H groups in total. The molecule has 106 valence electrons. The van der Waals surface area contributed by atoms with Crippen molar-refractivity contribution < 1.29 is 14.3 Å². The van der Waals surface area contributed by atoms with E-state index in [0.29, 0.717) is 25.3 Å². The molecule has 0 aliphatic carbocycles. The molecule has 0 unspecified atom stereocenters. The van der Waals surface area contributed by atoms with Gasteiger partial charge in [0.2, 0.25) is 5.91 Å². The van der Waals surface area contributed by atoms with E-state index in [1.807, 2.05) is 0 Å². The minimum Gasteiger partial charge on any atom is -0.363 e. The normalized spacial score (nSPS) is 21.6. The highest BCUT2D eigenvalue weighted by Gasteiger charge is 2.40. The molecule has 1 spiro atoms. The predicted molar refractivity (Wildman–Crippen MR) is 68.9 cm³/mol. The first-order valence-electron chi connectivity index (χ1n) is 6.66. The van der Waals surface area contributed by atoms with Crippen molar-refractivity contribution in [2.24, 2.45) is 0 Å². The molecule has 2 saturated heterocycles. The third kappa shape index (κ3) is 2.49. The van der Waals surface area contributed by atoms with E-state index in [-0.39, 0.29) is 24.0 Å². The van der Waals surface area contributed by atoms with Gasteiger partial charge in [0.15, 0.2) is 5.69 Å². The van der Waals surface area contributed by atoms with Crippen molar-refractivity contribution in [2.75, 3.05) is 26.2 Å². The Balaban J connectivity index is 1.61. The first-order chi connectivity index (χ1) is 9.69. The van der Waals surface area contributed by atoms with Crippen LogP contribution in [0.3, 0.4) is 0 Å². The van der Waals surface area contributed by atoms with E-state index in [1.54, 1.807) is 23.2 Å². The van der Waals surface area contributed by atoms with Crippen molar-refractivity contribution in [1.29, 1.82) is 0 Å². The van der Waals surface area contributed by atoms with E-state index in [1.165, 1.54) is 0 Å². The van der Waals surface area contributed by atoms with Crippen LogP contribution in [0.15, 0.2) is 18.3 Å². The quantitative estimate of drug-likeness (QED) is 0.754. The number of amides is 2. The summed E-state index contributed by atoms with van der Waals surface area (Å²) in [5.74, 6) is -0.179. The summed E-state index contributed by atoms with van der Waals surface area (Å²) in [6.07, 6.45) is 2.99. The van der Waals surface area contributed by atoms with Gasteiger partial charge < -0.3 is 15.0 Å². The Hall–Kier alpha value is -2.02. The molecule has 0 aromatic carbocycles. The third-order valence-electron chi connectivity index (χ3n) is 3.87. The van der Waals surface area contributed by atoms with Gasteiger partial charge in [0.05, 0.1) is 5.60 Å². The number of hydrogen-bond donors (Lipinski definition) is 1. The van der Waals surface area contributed by atoms with Gasteiger partial charge in [-0.2, -0.15) is 5.10 Å². The summed E-state index contributed by atoms with van der Waals surface area (Å²) in [6.45, 7) is 1.84. The van der Waals surface area contributed by atoms with Crippen LogP contribution in [0.2, 0.25) is 0 Å². The number of nitrogens with zero attached hydrogens (tertiary/aromatic N) is 3. The predicted octanol–water partition coefficient (Wildman–Crippen LogP) is -0.402. The van der Waals surface area contributed by atoms with Crippen molar-refractivity contribution in [2.45, 2.75) is 18.4 Å². The lowest BCUT2D eigenvalue weighted by molar-refractivity contribution is -0.149. The number of hydrogen-bond acceptors (Lipinski definition) is 5. The highest BCUT2D eigenvalue weighted by molar-refractivity contribution is 5.92. The van der Waals surface area contributed by atoms with E-state index >= 15 is 0 Å². The van der Waals surface area contributed by atoms with Crippen LogP contribution < -0.4 is 5.32 Å². The highest BCUT2D eigenvalue weighted by Crippen LogP contribution is 2.28.